The molecule has 10 heavy (non-hydrogen) atoms. The topological polar surface area (TPSA) is 23.5 Å². The molecule has 2 unspecified atom stereocenters. The van der Waals surface area contributed by atoms with E-state index in [1.807, 2.05) is 0 Å². The van der Waals surface area contributed by atoms with E-state index in [4.69, 9.17) is 5.11 Å². The molecule has 0 amide bonds. The Labute approximate surface area is 62.8 Å². The van der Waals surface area contributed by atoms with Crippen LogP contribution in [-0.2, 0) is 0 Å². The number of nitrogens with zero attached hydrogens (tertiary/aromatic N) is 1. The Morgan fingerprint density at radius 2 is 2.20 bits per heavy atom. The van der Waals surface area contributed by atoms with Crippen molar-refractivity contribution in [1.82, 2.24) is 4.90 Å². The van der Waals surface area contributed by atoms with Crippen molar-refractivity contribution >= 4 is 0 Å². The van der Waals surface area contributed by atoms with Gasteiger partial charge in [0.2, 0.25) is 0 Å². The summed E-state index contributed by atoms with van der Waals surface area (Å²) in [6.07, 6.45) is 1.25. The van der Waals surface area contributed by atoms with Crippen molar-refractivity contribution in [2.24, 2.45) is 11.8 Å². The maximum absolute atomic E-state index is 8.82. The summed E-state index contributed by atoms with van der Waals surface area (Å²) >= 11 is 0. The third-order valence-corrected chi connectivity index (χ3v) is 2.57. The highest BCUT2D eigenvalue weighted by Gasteiger charge is 2.26. The van der Waals surface area contributed by atoms with Crippen LogP contribution in [-0.4, -0.2) is 29.8 Å². The minimum absolute atomic E-state index is 0.237. The van der Waals surface area contributed by atoms with Crippen molar-refractivity contribution in [1.29, 1.82) is 0 Å². The van der Waals surface area contributed by atoms with Gasteiger partial charge in [0.1, 0.15) is 0 Å². The molecular weight excluding hydrogens is 126 g/mol. The summed E-state index contributed by atoms with van der Waals surface area (Å²) in [6.45, 7) is 6.90. The molecule has 1 aliphatic rings. The van der Waals surface area contributed by atoms with Crippen LogP contribution in [0.3, 0.4) is 0 Å². The Bertz CT molecular complexity index is 105. The maximum atomic E-state index is 8.82. The Kier molecular flexibility index (Phi) is 2.69. The number of aliphatic hydroxyl groups excluding tert-OH is 1. The lowest BCUT2D eigenvalue weighted by Crippen LogP contribution is -2.21. The van der Waals surface area contributed by atoms with Gasteiger partial charge < -0.3 is 5.11 Å². The van der Waals surface area contributed by atoms with E-state index in [0.29, 0.717) is 0 Å². The van der Waals surface area contributed by atoms with E-state index in [2.05, 4.69) is 18.7 Å². The zero-order valence-corrected chi connectivity index (χ0v) is 6.88. The van der Waals surface area contributed by atoms with Crippen LogP contribution < -0.4 is 0 Å². The Morgan fingerprint density at radius 1 is 1.50 bits per heavy atom. The summed E-state index contributed by atoms with van der Waals surface area (Å²) in [4.78, 5) is 2.11. The standard InChI is InChI=1S/C8H17NO/c1-3-8-5-9(6-10)4-7(8)2/h7-8,10H,3-6H2,1-2H3. The van der Waals surface area contributed by atoms with Crippen LogP contribution in [0.4, 0.5) is 0 Å². The molecule has 0 saturated carbocycles. The minimum atomic E-state index is 0.237. The molecular formula is C8H17NO. The summed E-state index contributed by atoms with van der Waals surface area (Å²) in [7, 11) is 0. The third-order valence-electron chi connectivity index (χ3n) is 2.57. The predicted molar refractivity (Wildman–Crippen MR) is 41.6 cm³/mol. The van der Waals surface area contributed by atoms with Crippen LogP contribution in [0.1, 0.15) is 20.3 Å². The number of likely N-dealkylation sites (tertiary alicyclic amines) is 1. The average Bonchev–Trinajstić information content (AvgIpc) is 2.30. The highest BCUT2D eigenvalue weighted by Crippen LogP contribution is 2.24. The van der Waals surface area contributed by atoms with Gasteiger partial charge in [-0.05, 0) is 11.8 Å². The van der Waals surface area contributed by atoms with E-state index in [1.165, 1.54) is 6.42 Å². The molecule has 0 aromatic heterocycles. The molecule has 0 bridgehead atoms. The molecule has 0 aliphatic carbocycles. The maximum Gasteiger partial charge on any atom is 0.0956 e. The molecule has 0 radical (unpaired) electrons. The van der Waals surface area contributed by atoms with Gasteiger partial charge in [-0.25, -0.2) is 0 Å². The summed E-state index contributed by atoms with van der Waals surface area (Å²) in [5.41, 5.74) is 0. The highest BCUT2D eigenvalue weighted by atomic mass is 16.3. The molecule has 1 N–H and O–H groups in total. The van der Waals surface area contributed by atoms with E-state index in [0.717, 1.165) is 24.9 Å². The molecule has 1 heterocycles. The normalized spacial score (nSPS) is 35.1. The molecule has 1 aliphatic heterocycles. The predicted octanol–water partition coefficient (Wildman–Crippen LogP) is 0.914. The first kappa shape index (κ1) is 8.02. The molecule has 2 atom stereocenters. The third kappa shape index (κ3) is 1.50. The zero-order valence-electron chi connectivity index (χ0n) is 6.88. The second kappa shape index (κ2) is 3.35. The molecule has 0 aromatic carbocycles. The first-order valence-corrected chi connectivity index (χ1v) is 4.11. The van der Waals surface area contributed by atoms with Crippen molar-refractivity contribution in [3.05, 3.63) is 0 Å². The Morgan fingerprint density at radius 3 is 2.50 bits per heavy atom. The van der Waals surface area contributed by atoms with Gasteiger partial charge in [-0.2, -0.15) is 0 Å². The molecule has 1 rings (SSSR count). The fraction of sp³-hybridized carbons (Fsp3) is 1.00. The van der Waals surface area contributed by atoms with Crippen LogP contribution in [0.25, 0.3) is 0 Å². The molecule has 0 spiro atoms. The van der Waals surface area contributed by atoms with Crippen LogP contribution in [0.2, 0.25) is 0 Å². The first-order chi connectivity index (χ1) is 4.77. The van der Waals surface area contributed by atoms with Crippen molar-refractivity contribution in [3.8, 4) is 0 Å². The van der Waals surface area contributed by atoms with Gasteiger partial charge in [0, 0.05) is 13.1 Å². The van der Waals surface area contributed by atoms with Gasteiger partial charge in [0.05, 0.1) is 6.73 Å². The van der Waals surface area contributed by atoms with Gasteiger partial charge in [-0.15, -0.1) is 0 Å². The van der Waals surface area contributed by atoms with E-state index in [9.17, 15) is 0 Å². The first-order valence-electron chi connectivity index (χ1n) is 4.11. The summed E-state index contributed by atoms with van der Waals surface area (Å²) in [6, 6.07) is 0. The molecule has 1 fully saturated rings. The SMILES string of the molecule is CCC1CN(CO)CC1C. The molecule has 1 saturated heterocycles. The van der Waals surface area contributed by atoms with Gasteiger partial charge in [0.25, 0.3) is 0 Å². The molecule has 0 aromatic rings. The second-order valence-corrected chi connectivity index (χ2v) is 3.32. The highest BCUT2D eigenvalue weighted by molar-refractivity contribution is 4.78. The van der Waals surface area contributed by atoms with E-state index >= 15 is 0 Å². The Hall–Kier alpha value is -0.0800. The van der Waals surface area contributed by atoms with Crippen LogP contribution in [0, 0.1) is 11.8 Å². The van der Waals surface area contributed by atoms with Crippen LogP contribution in [0.5, 0.6) is 0 Å². The van der Waals surface area contributed by atoms with Crippen molar-refractivity contribution in [2.45, 2.75) is 20.3 Å². The summed E-state index contributed by atoms with van der Waals surface area (Å²) in [5, 5.41) is 8.82. The lowest BCUT2D eigenvalue weighted by molar-refractivity contribution is 0.126. The smallest absolute Gasteiger partial charge is 0.0956 e. The van der Waals surface area contributed by atoms with Crippen LogP contribution >= 0.6 is 0 Å². The molecule has 2 heteroatoms. The lowest BCUT2D eigenvalue weighted by Gasteiger charge is -2.10. The molecule has 2 nitrogen and oxygen atoms in total. The summed E-state index contributed by atoms with van der Waals surface area (Å²) in [5.74, 6) is 1.59. The quantitative estimate of drug-likeness (QED) is 0.621. The average molecular weight is 143 g/mol. The van der Waals surface area contributed by atoms with E-state index in [1.54, 1.807) is 0 Å². The van der Waals surface area contributed by atoms with E-state index in [-0.39, 0.29) is 6.73 Å². The van der Waals surface area contributed by atoms with Gasteiger partial charge >= 0.3 is 0 Å². The largest absolute Gasteiger partial charge is 0.381 e. The van der Waals surface area contributed by atoms with Gasteiger partial charge in [-0.3, -0.25) is 4.90 Å². The van der Waals surface area contributed by atoms with Gasteiger partial charge in [-0.1, -0.05) is 20.3 Å². The lowest BCUT2D eigenvalue weighted by atomic mass is 9.96. The zero-order chi connectivity index (χ0) is 7.56. The van der Waals surface area contributed by atoms with Crippen molar-refractivity contribution in [3.63, 3.8) is 0 Å². The van der Waals surface area contributed by atoms with Gasteiger partial charge in [0.15, 0.2) is 0 Å². The fourth-order valence-corrected chi connectivity index (χ4v) is 1.79. The second-order valence-electron chi connectivity index (χ2n) is 3.32. The Balaban J connectivity index is 2.36. The summed E-state index contributed by atoms with van der Waals surface area (Å²) < 4.78 is 0. The van der Waals surface area contributed by atoms with Crippen molar-refractivity contribution in [2.75, 3.05) is 19.8 Å². The fourth-order valence-electron chi connectivity index (χ4n) is 1.79. The number of rotatable bonds is 2. The monoisotopic (exact) mass is 143 g/mol. The van der Waals surface area contributed by atoms with Crippen LogP contribution in [0.15, 0.2) is 0 Å². The number of hydrogen-bond acceptors (Lipinski definition) is 2. The number of aliphatic hydroxyl groups is 1. The van der Waals surface area contributed by atoms with E-state index < -0.39 is 0 Å². The van der Waals surface area contributed by atoms with Crippen molar-refractivity contribution < 1.29 is 5.11 Å². The molecule has 60 valence electrons. The minimum Gasteiger partial charge on any atom is -0.381 e. The number of hydrogen-bond donors (Lipinski definition) is 1.